The Morgan fingerprint density at radius 3 is 2.78 bits per heavy atom. The molecule has 3 aliphatic heterocycles. The summed E-state index contributed by atoms with van der Waals surface area (Å²) in [6.45, 7) is 2.50. The number of hydrogen-bond donors (Lipinski definition) is 1. The molecule has 1 unspecified atom stereocenters. The van der Waals surface area contributed by atoms with Crippen molar-refractivity contribution < 1.29 is 9.59 Å². The monoisotopic (exact) mass is 535 g/mol. The number of halogens is 1. The lowest BCUT2D eigenvalue weighted by molar-refractivity contribution is -0.125. The molecule has 7 rings (SSSR count). The molecule has 3 fully saturated rings. The molecular formula is C28H30ClN5O2S. The van der Waals surface area contributed by atoms with Gasteiger partial charge in [0.2, 0.25) is 0 Å². The highest BCUT2D eigenvalue weighted by molar-refractivity contribution is 7.19. The molecule has 1 atom stereocenters. The Kier molecular flexibility index (Phi) is 5.50. The van der Waals surface area contributed by atoms with Crippen molar-refractivity contribution in [1.82, 2.24) is 20.1 Å². The smallest absolute Gasteiger partial charge is 0.327 e. The van der Waals surface area contributed by atoms with Crippen molar-refractivity contribution in [3.05, 3.63) is 45.9 Å². The largest absolute Gasteiger partial charge is 0.366 e. The van der Waals surface area contributed by atoms with Gasteiger partial charge in [-0.05, 0) is 68.4 Å². The van der Waals surface area contributed by atoms with Crippen molar-refractivity contribution in [3.8, 4) is 11.1 Å². The second-order valence-electron chi connectivity index (χ2n) is 11.0. The average Bonchev–Trinajstić information content (AvgIpc) is 3.55. The molecule has 2 saturated heterocycles. The minimum Gasteiger partial charge on any atom is -0.366 e. The number of fused-ring (bicyclic) bond motifs is 2. The van der Waals surface area contributed by atoms with Crippen molar-refractivity contribution in [1.29, 1.82) is 0 Å². The molecule has 3 aromatic rings. The van der Waals surface area contributed by atoms with Crippen LogP contribution in [0.1, 0.15) is 42.5 Å². The lowest BCUT2D eigenvalue weighted by Gasteiger charge is -2.41. The van der Waals surface area contributed by atoms with E-state index in [2.05, 4.69) is 33.4 Å². The van der Waals surface area contributed by atoms with Crippen LogP contribution in [0.25, 0.3) is 21.3 Å². The van der Waals surface area contributed by atoms with Crippen molar-refractivity contribution in [2.75, 3.05) is 31.6 Å². The Hall–Kier alpha value is -2.68. The maximum absolute atomic E-state index is 12.4. The van der Waals surface area contributed by atoms with E-state index in [1.165, 1.54) is 46.7 Å². The second kappa shape index (κ2) is 8.68. The molecule has 1 N–H and O–H groups in total. The van der Waals surface area contributed by atoms with Gasteiger partial charge in [-0.3, -0.25) is 14.7 Å². The van der Waals surface area contributed by atoms with Gasteiger partial charge in [0.25, 0.3) is 5.91 Å². The van der Waals surface area contributed by atoms with Crippen LogP contribution in [0.3, 0.4) is 0 Å². The van der Waals surface area contributed by atoms with Crippen LogP contribution in [0.5, 0.6) is 0 Å². The van der Waals surface area contributed by atoms with Crippen molar-refractivity contribution >= 4 is 50.8 Å². The topological polar surface area (TPSA) is 68.8 Å². The Balaban J connectivity index is 1.29. The fraction of sp³-hybridized carbons (Fsp3) is 0.464. The Bertz CT molecular complexity index is 1430. The maximum atomic E-state index is 12.4. The van der Waals surface area contributed by atoms with Crippen molar-refractivity contribution in [3.63, 3.8) is 0 Å². The molecule has 0 radical (unpaired) electrons. The van der Waals surface area contributed by atoms with Crippen LogP contribution in [-0.4, -0.2) is 65.0 Å². The zero-order chi connectivity index (χ0) is 25.3. The van der Waals surface area contributed by atoms with Crippen LogP contribution < -0.4 is 10.2 Å². The van der Waals surface area contributed by atoms with Gasteiger partial charge in [-0.2, -0.15) is 0 Å². The highest BCUT2D eigenvalue weighted by Gasteiger charge is 2.45. The summed E-state index contributed by atoms with van der Waals surface area (Å²) < 4.78 is 1.07. The highest BCUT2D eigenvalue weighted by atomic mass is 35.5. The van der Waals surface area contributed by atoms with Crippen LogP contribution in [0, 0.1) is 0 Å². The normalized spacial score (nSPS) is 22.9. The van der Waals surface area contributed by atoms with Gasteiger partial charge in [-0.1, -0.05) is 11.6 Å². The van der Waals surface area contributed by atoms with E-state index in [1.807, 2.05) is 12.3 Å². The van der Waals surface area contributed by atoms with Crippen molar-refractivity contribution in [2.24, 2.45) is 0 Å². The minimum atomic E-state index is -0.246. The molecular weight excluding hydrogens is 506 g/mol. The molecule has 1 saturated carbocycles. The zero-order valence-corrected chi connectivity index (χ0v) is 22.5. The number of carbonyl (C=O) groups is 2. The number of hydrogen-bond acceptors (Lipinski definition) is 6. The number of pyridine rings is 1. The summed E-state index contributed by atoms with van der Waals surface area (Å²) >= 11 is 8.31. The zero-order valence-electron chi connectivity index (χ0n) is 20.9. The number of aromatic nitrogens is 1. The number of rotatable bonds is 4. The van der Waals surface area contributed by atoms with Crippen LogP contribution in [-0.2, 0) is 17.8 Å². The molecule has 192 valence electrons. The third-order valence-electron chi connectivity index (χ3n) is 8.67. The third kappa shape index (κ3) is 3.83. The van der Waals surface area contributed by atoms with Crippen molar-refractivity contribution in [2.45, 2.75) is 56.7 Å². The number of amides is 3. The first-order chi connectivity index (χ1) is 17.9. The van der Waals surface area contributed by atoms with Gasteiger partial charge < -0.3 is 15.1 Å². The number of urea groups is 1. The molecule has 1 aliphatic carbocycles. The second-order valence-corrected chi connectivity index (χ2v) is 12.6. The fourth-order valence-electron chi connectivity index (χ4n) is 6.70. The molecule has 5 heterocycles. The summed E-state index contributed by atoms with van der Waals surface area (Å²) in [5.41, 5.74) is 6.14. The van der Waals surface area contributed by atoms with Gasteiger partial charge in [-0.15, -0.1) is 11.3 Å². The third-order valence-corrected chi connectivity index (χ3v) is 10.0. The first-order valence-electron chi connectivity index (χ1n) is 13.2. The number of imide groups is 1. The molecule has 0 bridgehead atoms. The SMILES string of the molecule is CN1CC(=O)N(Cc2cc3nccc(-c4cc(Cl)cc5c4N(C4CNC6(CCC6)C4)CCC5)c3s2)C1=O. The van der Waals surface area contributed by atoms with Gasteiger partial charge in [0.15, 0.2) is 0 Å². The predicted molar refractivity (Wildman–Crippen MR) is 147 cm³/mol. The standard InChI is InChI=1S/C28H30ClN5O2S/c1-32-16-24(35)34(27(32)36)15-20-12-23-26(37-20)21(5-8-30-23)22-11-18(29)10-17-4-2-9-33(25(17)22)19-13-28(31-14-19)6-3-7-28/h5,8,10-12,19,31H,2-4,6-7,9,13-16H2,1H3. The Morgan fingerprint density at radius 1 is 1.19 bits per heavy atom. The van der Waals surface area contributed by atoms with E-state index in [0.717, 1.165) is 57.2 Å². The van der Waals surface area contributed by atoms with Crippen LogP contribution >= 0.6 is 22.9 Å². The molecule has 3 amide bonds. The number of aryl methyl sites for hydroxylation is 1. The number of nitrogens with zero attached hydrogens (tertiary/aromatic N) is 4. The first-order valence-corrected chi connectivity index (χ1v) is 14.4. The summed E-state index contributed by atoms with van der Waals surface area (Å²) in [6, 6.07) is 8.59. The lowest BCUT2D eigenvalue weighted by atomic mass is 9.75. The van der Waals surface area contributed by atoms with Gasteiger partial charge in [0.1, 0.15) is 6.54 Å². The van der Waals surface area contributed by atoms with E-state index >= 15 is 0 Å². The first kappa shape index (κ1) is 23.4. The van der Waals surface area contributed by atoms with Gasteiger partial charge >= 0.3 is 6.03 Å². The molecule has 1 spiro atoms. The van der Waals surface area contributed by atoms with E-state index in [1.54, 1.807) is 18.4 Å². The van der Waals surface area contributed by atoms with Gasteiger partial charge in [0.05, 0.1) is 16.8 Å². The Morgan fingerprint density at radius 2 is 2.05 bits per heavy atom. The quantitative estimate of drug-likeness (QED) is 0.474. The number of likely N-dealkylation sites (N-methyl/N-ethyl adjacent to an activating group) is 1. The molecule has 9 heteroatoms. The summed E-state index contributed by atoms with van der Waals surface area (Å²) in [5.74, 6) is -0.160. The molecule has 4 aliphatic rings. The fourth-order valence-corrected chi connectivity index (χ4v) is 8.07. The van der Waals surface area contributed by atoms with E-state index in [9.17, 15) is 9.59 Å². The van der Waals surface area contributed by atoms with E-state index < -0.39 is 0 Å². The summed E-state index contributed by atoms with van der Waals surface area (Å²) in [5, 5.41) is 4.61. The van der Waals surface area contributed by atoms with E-state index in [-0.39, 0.29) is 25.0 Å². The number of anilines is 1. The van der Waals surface area contributed by atoms with E-state index in [4.69, 9.17) is 11.6 Å². The highest BCUT2D eigenvalue weighted by Crippen LogP contribution is 2.47. The summed E-state index contributed by atoms with van der Waals surface area (Å²) in [6.07, 6.45) is 9.14. The van der Waals surface area contributed by atoms with Crippen LogP contribution in [0.4, 0.5) is 10.5 Å². The summed E-state index contributed by atoms with van der Waals surface area (Å²) in [4.78, 5) is 35.8. The number of nitrogens with one attached hydrogen (secondary N) is 1. The van der Waals surface area contributed by atoms with Crippen LogP contribution in [0.15, 0.2) is 30.5 Å². The minimum absolute atomic E-state index is 0.134. The summed E-state index contributed by atoms with van der Waals surface area (Å²) in [7, 11) is 1.66. The molecule has 2 aromatic heterocycles. The van der Waals surface area contributed by atoms with Crippen LogP contribution in [0.2, 0.25) is 5.02 Å². The maximum Gasteiger partial charge on any atom is 0.327 e. The van der Waals surface area contributed by atoms with Gasteiger partial charge in [-0.25, -0.2) is 4.79 Å². The molecule has 37 heavy (non-hydrogen) atoms. The number of thiophene rings is 1. The predicted octanol–water partition coefficient (Wildman–Crippen LogP) is 5.05. The number of benzene rings is 1. The molecule has 1 aromatic carbocycles. The Labute approximate surface area is 225 Å². The van der Waals surface area contributed by atoms with E-state index in [0.29, 0.717) is 11.6 Å². The average molecular weight is 536 g/mol. The van der Waals surface area contributed by atoms with Gasteiger partial charge in [0, 0.05) is 64.6 Å². The lowest BCUT2D eigenvalue weighted by Crippen LogP contribution is -2.46. The molecule has 7 nitrogen and oxygen atoms in total. The number of carbonyl (C=O) groups excluding carboxylic acids is 2.